The fraction of sp³-hybridized carbons (Fsp3) is 0.421. The van der Waals surface area contributed by atoms with Gasteiger partial charge in [0, 0.05) is 50.9 Å². The molecule has 0 bridgehead atoms. The molecule has 1 amide bonds. The first-order chi connectivity index (χ1) is 12.5. The van der Waals surface area contributed by atoms with E-state index in [2.05, 4.69) is 4.98 Å². The number of carbonyl (C=O) groups is 1. The van der Waals surface area contributed by atoms with Gasteiger partial charge in [-0.25, -0.2) is 4.98 Å². The molecule has 0 aliphatic carbocycles. The molecule has 1 aliphatic rings. The molecule has 1 fully saturated rings. The Morgan fingerprint density at radius 1 is 1.27 bits per heavy atom. The number of hydrogen-bond acceptors (Lipinski definition) is 5. The number of ether oxygens (including phenoxy) is 2. The van der Waals surface area contributed by atoms with Crippen LogP contribution in [0.2, 0.25) is 0 Å². The molecule has 2 aromatic rings. The number of aromatic nitrogens is 2. The summed E-state index contributed by atoms with van der Waals surface area (Å²) in [6.07, 6.45) is 3.01. The van der Waals surface area contributed by atoms with Crippen LogP contribution in [0.5, 0.6) is 11.6 Å². The average Bonchev–Trinajstić information content (AvgIpc) is 2.66. The Morgan fingerprint density at radius 3 is 2.65 bits per heavy atom. The number of likely N-dealkylation sites (tertiary alicyclic amines) is 1. The number of aryl methyl sites for hydroxylation is 1. The van der Waals surface area contributed by atoms with E-state index in [0.717, 1.165) is 5.69 Å². The van der Waals surface area contributed by atoms with E-state index in [0.29, 0.717) is 43.1 Å². The first kappa shape index (κ1) is 18.0. The highest BCUT2D eigenvalue weighted by atomic mass is 16.5. The van der Waals surface area contributed by atoms with Crippen molar-refractivity contribution >= 4 is 5.91 Å². The number of rotatable bonds is 4. The van der Waals surface area contributed by atoms with Gasteiger partial charge in [0.2, 0.25) is 5.88 Å². The third-order valence-electron chi connectivity index (χ3n) is 4.70. The zero-order valence-electron chi connectivity index (χ0n) is 15.3. The van der Waals surface area contributed by atoms with Gasteiger partial charge < -0.3 is 18.9 Å². The lowest BCUT2D eigenvalue weighted by molar-refractivity contribution is 0.0591. The van der Waals surface area contributed by atoms with Crippen LogP contribution in [0.4, 0.5) is 0 Å². The topological polar surface area (TPSA) is 73.7 Å². The van der Waals surface area contributed by atoms with Crippen molar-refractivity contribution in [1.82, 2.24) is 14.5 Å². The van der Waals surface area contributed by atoms with E-state index < -0.39 is 0 Å². The lowest BCUT2D eigenvalue weighted by atomic mass is 10.1. The summed E-state index contributed by atoms with van der Waals surface area (Å²) in [6, 6.07) is 6.81. The third-order valence-corrected chi connectivity index (χ3v) is 4.70. The van der Waals surface area contributed by atoms with Crippen molar-refractivity contribution < 1.29 is 14.3 Å². The Balaban J connectivity index is 1.62. The summed E-state index contributed by atoms with van der Waals surface area (Å²) in [6.45, 7) is 3.05. The van der Waals surface area contributed by atoms with Crippen LogP contribution in [0, 0.1) is 6.92 Å². The fourth-order valence-corrected chi connectivity index (χ4v) is 3.06. The summed E-state index contributed by atoms with van der Waals surface area (Å²) < 4.78 is 12.7. The molecule has 3 heterocycles. The fourth-order valence-electron chi connectivity index (χ4n) is 3.06. The summed E-state index contributed by atoms with van der Waals surface area (Å²) >= 11 is 0. The molecule has 2 aromatic heterocycles. The number of methoxy groups -OCH3 is 1. The molecular weight excluding hydrogens is 334 g/mol. The highest BCUT2D eigenvalue weighted by molar-refractivity contribution is 5.96. The molecule has 138 valence electrons. The van der Waals surface area contributed by atoms with Crippen LogP contribution in [0.1, 0.15) is 28.9 Å². The highest BCUT2D eigenvalue weighted by Crippen LogP contribution is 2.22. The van der Waals surface area contributed by atoms with Crippen molar-refractivity contribution in [2.75, 3.05) is 20.2 Å². The SMILES string of the molecule is COc1ncccc1C(=O)N1CCC(Oc2cc(C)n(C)c(=O)c2)CC1. The number of hydrogen-bond donors (Lipinski definition) is 0. The van der Waals surface area contributed by atoms with E-state index >= 15 is 0 Å². The molecule has 26 heavy (non-hydrogen) atoms. The van der Waals surface area contributed by atoms with E-state index in [-0.39, 0.29) is 17.6 Å². The second kappa shape index (κ2) is 7.59. The lowest BCUT2D eigenvalue weighted by Gasteiger charge is -2.32. The van der Waals surface area contributed by atoms with Gasteiger partial charge in [0.05, 0.1) is 7.11 Å². The molecule has 0 atom stereocenters. The molecule has 0 saturated carbocycles. The monoisotopic (exact) mass is 357 g/mol. The average molecular weight is 357 g/mol. The van der Waals surface area contributed by atoms with E-state index in [1.165, 1.54) is 13.2 Å². The smallest absolute Gasteiger partial charge is 0.259 e. The quantitative estimate of drug-likeness (QED) is 0.834. The van der Waals surface area contributed by atoms with E-state index in [9.17, 15) is 9.59 Å². The maximum Gasteiger partial charge on any atom is 0.259 e. The Labute approximate surface area is 152 Å². The first-order valence-corrected chi connectivity index (χ1v) is 8.62. The van der Waals surface area contributed by atoms with Crippen molar-refractivity contribution in [3.8, 4) is 11.6 Å². The Bertz CT molecular complexity index is 854. The molecule has 3 rings (SSSR count). The molecule has 1 saturated heterocycles. The maximum atomic E-state index is 12.7. The van der Waals surface area contributed by atoms with Crippen LogP contribution >= 0.6 is 0 Å². The van der Waals surface area contributed by atoms with E-state index in [1.54, 1.807) is 34.8 Å². The molecule has 7 nitrogen and oxygen atoms in total. The van der Waals surface area contributed by atoms with Crippen LogP contribution in [0.15, 0.2) is 35.3 Å². The molecule has 0 radical (unpaired) electrons. The van der Waals surface area contributed by atoms with Gasteiger partial charge in [0.15, 0.2) is 0 Å². The summed E-state index contributed by atoms with van der Waals surface area (Å²) in [7, 11) is 3.24. The Morgan fingerprint density at radius 2 is 2.00 bits per heavy atom. The number of pyridine rings is 2. The zero-order chi connectivity index (χ0) is 18.7. The normalized spacial score (nSPS) is 15.0. The second-order valence-electron chi connectivity index (χ2n) is 6.40. The van der Waals surface area contributed by atoms with Crippen molar-refractivity contribution in [3.05, 3.63) is 52.1 Å². The molecule has 0 N–H and O–H groups in total. The largest absolute Gasteiger partial charge is 0.490 e. The van der Waals surface area contributed by atoms with Crippen LogP contribution in [-0.4, -0.2) is 46.7 Å². The van der Waals surface area contributed by atoms with Gasteiger partial charge in [0.25, 0.3) is 11.5 Å². The predicted octanol–water partition coefficient (Wildman–Crippen LogP) is 1.78. The van der Waals surface area contributed by atoms with Crippen LogP contribution in [0.3, 0.4) is 0 Å². The van der Waals surface area contributed by atoms with Crippen molar-refractivity contribution in [3.63, 3.8) is 0 Å². The molecule has 0 aromatic carbocycles. The van der Waals surface area contributed by atoms with Gasteiger partial charge in [-0.2, -0.15) is 0 Å². The number of carbonyl (C=O) groups excluding carboxylic acids is 1. The van der Waals surface area contributed by atoms with E-state index in [1.807, 2.05) is 13.0 Å². The Kier molecular flexibility index (Phi) is 5.25. The molecule has 0 spiro atoms. The standard InChI is InChI=1S/C19H23N3O4/c1-13-11-15(12-17(23)21(13)2)26-14-6-9-22(10-7-14)19(24)16-5-4-8-20-18(16)25-3/h4-5,8,11-12,14H,6-7,9-10H2,1-3H3. The predicted molar refractivity (Wildman–Crippen MR) is 96.8 cm³/mol. The molecule has 7 heteroatoms. The minimum atomic E-state index is -0.0868. The molecule has 0 unspecified atom stereocenters. The number of amides is 1. The van der Waals surface area contributed by atoms with Gasteiger partial charge in [-0.15, -0.1) is 0 Å². The maximum absolute atomic E-state index is 12.7. The van der Waals surface area contributed by atoms with Gasteiger partial charge in [-0.3, -0.25) is 9.59 Å². The summed E-state index contributed by atoms with van der Waals surface area (Å²) in [5, 5.41) is 0. The summed E-state index contributed by atoms with van der Waals surface area (Å²) in [5.41, 5.74) is 1.23. The number of piperidine rings is 1. The molecular formula is C19H23N3O4. The zero-order valence-corrected chi connectivity index (χ0v) is 15.3. The molecule has 1 aliphatic heterocycles. The van der Waals surface area contributed by atoms with Crippen LogP contribution in [-0.2, 0) is 7.05 Å². The van der Waals surface area contributed by atoms with Crippen molar-refractivity contribution in [1.29, 1.82) is 0 Å². The minimum Gasteiger partial charge on any atom is -0.490 e. The van der Waals surface area contributed by atoms with Gasteiger partial charge in [-0.05, 0) is 25.1 Å². The van der Waals surface area contributed by atoms with Crippen molar-refractivity contribution in [2.24, 2.45) is 7.05 Å². The minimum absolute atomic E-state index is 0.0126. The number of nitrogens with zero attached hydrogens (tertiary/aromatic N) is 3. The van der Waals surface area contributed by atoms with Crippen LogP contribution in [0.25, 0.3) is 0 Å². The third kappa shape index (κ3) is 3.71. The second-order valence-corrected chi connectivity index (χ2v) is 6.40. The highest BCUT2D eigenvalue weighted by Gasteiger charge is 2.26. The van der Waals surface area contributed by atoms with E-state index in [4.69, 9.17) is 9.47 Å². The van der Waals surface area contributed by atoms with Crippen molar-refractivity contribution in [2.45, 2.75) is 25.9 Å². The van der Waals surface area contributed by atoms with Gasteiger partial charge in [0.1, 0.15) is 17.4 Å². The van der Waals surface area contributed by atoms with Gasteiger partial charge in [-0.1, -0.05) is 0 Å². The first-order valence-electron chi connectivity index (χ1n) is 8.62. The van der Waals surface area contributed by atoms with Gasteiger partial charge >= 0.3 is 0 Å². The lowest BCUT2D eigenvalue weighted by Crippen LogP contribution is -2.42. The summed E-state index contributed by atoms with van der Waals surface area (Å²) in [4.78, 5) is 30.4. The Hall–Kier alpha value is -2.83. The summed E-state index contributed by atoms with van der Waals surface area (Å²) in [5.74, 6) is 0.841. The van der Waals surface area contributed by atoms with Crippen LogP contribution < -0.4 is 15.0 Å².